The lowest BCUT2D eigenvalue weighted by Gasteiger charge is -2.18. The molecule has 0 amide bonds. The topological polar surface area (TPSA) is 118 Å². The van der Waals surface area contributed by atoms with Gasteiger partial charge < -0.3 is 10.4 Å². The summed E-state index contributed by atoms with van der Waals surface area (Å²) in [6.45, 7) is 0. The SMILES string of the molecule is O=C(O)C[C@@H](Nc1nc(-c2ccccc2)c2cc([N+](=O)[O-])ccc2n1)c1ccccc1. The molecule has 4 aromatic rings. The summed E-state index contributed by atoms with van der Waals surface area (Å²) in [4.78, 5) is 31.3. The number of nitrogens with one attached hydrogen (secondary N) is 1. The van der Waals surface area contributed by atoms with E-state index in [0.717, 1.165) is 11.1 Å². The van der Waals surface area contributed by atoms with E-state index in [-0.39, 0.29) is 18.1 Å². The van der Waals surface area contributed by atoms with Crippen LogP contribution in [0.3, 0.4) is 0 Å². The highest BCUT2D eigenvalue weighted by Crippen LogP contribution is 2.31. The highest BCUT2D eigenvalue weighted by Gasteiger charge is 2.19. The molecule has 0 saturated heterocycles. The van der Waals surface area contributed by atoms with Crippen molar-refractivity contribution in [1.82, 2.24) is 9.97 Å². The van der Waals surface area contributed by atoms with Gasteiger partial charge in [0.05, 0.1) is 28.6 Å². The van der Waals surface area contributed by atoms with Gasteiger partial charge >= 0.3 is 5.97 Å². The lowest BCUT2D eigenvalue weighted by Crippen LogP contribution is -2.17. The number of aromatic nitrogens is 2. The van der Waals surface area contributed by atoms with Crippen molar-refractivity contribution < 1.29 is 14.8 Å². The van der Waals surface area contributed by atoms with Gasteiger partial charge in [-0.3, -0.25) is 14.9 Å². The summed E-state index contributed by atoms with van der Waals surface area (Å²) in [5.41, 5.74) is 2.55. The Morgan fingerprint density at radius 1 is 1.00 bits per heavy atom. The Bertz CT molecular complexity index is 1250. The third-order valence-corrected chi connectivity index (χ3v) is 4.82. The maximum absolute atomic E-state index is 11.4. The fourth-order valence-corrected chi connectivity index (χ4v) is 3.38. The Morgan fingerprint density at radius 3 is 2.32 bits per heavy atom. The van der Waals surface area contributed by atoms with E-state index in [2.05, 4.69) is 15.3 Å². The largest absolute Gasteiger partial charge is 0.481 e. The molecule has 4 rings (SSSR count). The Morgan fingerprint density at radius 2 is 1.68 bits per heavy atom. The number of fused-ring (bicyclic) bond motifs is 1. The molecule has 0 bridgehead atoms. The maximum Gasteiger partial charge on any atom is 0.305 e. The van der Waals surface area contributed by atoms with E-state index in [9.17, 15) is 20.0 Å². The van der Waals surface area contributed by atoms with Crippen molar-refractivity contribution in [2.75, 3.05) is 5.32 Å². The lowest BCUT2D eigenvalue weighted by atomic mass is 10.0. The average molecular weight is 414 g/mol. The predicted molar refractivity (Wildman–Crippen MR) is 117 cm³/mol. The van der Waals surface area contributed by atoms with Crippen LogP contribution in [0.2, 0.25) is 0 Å². The number of aliphatic carboxylic acids is 1. The molecule has 0 unspecified atom stereocenters. The summed E-state index contributed by atoms with van der Waals surface area (Å²) in [5.74, 6) is -0.712. The fourth-order valence-electron chi connectivity index (χ4n) is 3.38. The molecule has 2 N–H and O–H groups in total. The van der Waals surface area contributed by atoms with Crippen LogP contribution in [0.25, 0.3) is 22.2 Å². The number of hydrogen-bond acceptors (Lipinski definition) is 6. The normalized spacial score (nSPS) is 11.7. The lowest BCUT2D eigenvalue weighted by molar-refractivity contribution is -0.384. The number of nitro groups is 1. The van der Waals surface area contributed by atoms with Crippen molar-refractivity contribution in [3.05, 3.63) is 94.5 Å². The number of nitro benzene ring substituents is 1. The fraction of sp³-hybridized carbons (Fsp3) is 0.0870. The molecule has 0 aliphatic rings. The molecule has 0 radical (unpaired) electrons. The van der Waals surface area contributed by atoms with Gasteiger partial charge in [-0.05, 0) is 11.6 Å². The summed E-state index contributed by atoms with van der Waals surface area (Å²) in [6, 6.07) is 22.4. The zero-order valence-corrected chi connectivity index (χ0v) is 16.3. The molecule has 31 heavy (non-hydrogen) atoms. The van der Waals surface area contributed by atoms with Crippen molar-refractivity contribution in [2.24, 2.45) is 0 Å². The minimum atomic E-state index is -0.957. The number of rotatable bonds is 7. The van der Waals surface area contributed by atoms with Gasteiger partial charge in [0.25, 0.3) is 5.69 Å². The highest BCUT2D eigenvalue weighted by atomic mass is 16.6. The van der Waals surface area contributed by atoms with Crippen LogP contribution < -0.4 is 5.32 Å². The van der Waals surface area contributed by atoms with E-state index >= 15 is 0 Å². The summed E-state index contributed by atoms with van der Waals surface area (Å²) in [5, 5.41) is 24.3. The minimum Gasteiger partial charge on any atom is -0.481 e. The summed E-state index contributed by atoms with van der Waals surface area (Å²) >= 11 is 0. The molecule has 3 aromatic carbocycles. The van der Waals surface area contributed by atoms with Crippen molar-refractivity contribution in [1.29, 1.82) is 0 Å². The smallest absolute Gasteiger partial charge is 0.305 e. The van der Waals surface area contributed by atoms with E-state index in [0.29, 0.717) is 16.6 Å². The second-order valence-electron chi connectivity index (χ2n) is 6.93. The Balaban J connectivity index is 1.83. The third-order valence-electron chi connectivity index (χ3n) is 4.82. The summed E-state index contributed by atoms with van der Waals surface area (Å²) in [7, 11) is 0. The van der Waals surface area contributed by atoms with E-state index in [4.69, 9.17) is 0 Å². The molecule has 0 saturated carbocycles. The molecule has 154 valence electrons. The predicted octanol–water partition coefficient (Wildman–Crippen LogP) is 4.83. The zero-order valence-electron chi connectivity index (χ0n) is 16.3. The van der Waals surface area contributed by atoms with Gasteiger partial charge in [-0.15, -0.1) is 0 Å². The van der Waals surface area contributed by atoms with Gasteiger partial charge in [0, 0.05) is 23.1 Å². The van der Waals surface area contributed by atoms with Crippen LogP contribution in [0.4, 0.5) is 11.6 Å². The van der Waals surface area contributed by atoms with Crippen molar-refractivity contribution >= 4 is 28.5 Å². The minimum absolute atomic E-state index is 0.0537. The molecule has 0 spiro atoms. The van der Waals surface area contributed by atoms with Gasteiger partial charge in [0.2, 0.25) is 5.95 Å². The maximum atomic E-state index is 11.4. The molecule has 0 aliphatic carbocycles. The molecule has 0 fully saturated rings. The Labute approximate surface area is 177 Å². The molecular formula is C23H18N4O4. The quantitative estimate of drug-likeness (QED) is 0.328. The molecular weight excluding hydrogens is 396 g/mol. The van der Waals surface area contributed by atoms with E-state index in [1.54, 1.807) is 6.07 Å². The number of carboxylic acids is 1. The first-order valence-corrected chi connectivity index (χ1v) is 9.56. The van der Waals surface area contributed by atoms with Crippen LogP contribution in [0.5, 0.6) is 0 Å². The number of hydrogen-bond donors (Lipinski definition) is 2. The second kappa shape index (κ2) is 8.58. The number of benzene rings is 3. The van der Waals surface area contributed by atoms with Crippen LogP contribution in [-0.2, 0) is 4.79 Å². The van der Waals surface area contributed by atoms with Gasteiger partial charge in [0.15, 0.2) is 0 Å². The van der Waals surface area contributed by atoms with Crippen molar-refractivity contribution in [2.45, 2.75) is 12.5 Å². The van der Waals surface area contributed by atoms with Crippen LogP contribution in [0.1, 0.15) is 18.0 Å². The van der Waals surface area contributed by atoms with E-state index in [1.165, 1.54) is 12.1 Å². The van der Waals surface area contributed by atoms with Crippen molar-refractivity contribution in [3.63, 3.8) is 0 Å². The number of anilines is 1. The Kier molecular flexibility index (Phi) is 5.53. The molecule has 0 aliphatic heterocycles. The van der Waals surface area contributed by atoms with Crippen LogP contribution >= 0.6 is 0 Å². The number of carboxylic acid groups (broad SMARTS) is 1. The molecule has 1 heterocycles. The van der Waals surface area contributed by atoms with Crippen LogP contribution in [0, 0.1) is 10.1 Å². The van der Waals surface area contributed by atoms with Gasteiger partial charge in [-0.1, -0.05) is 60.7 Å². The van der Waals surface area contributed by atoms with Crippen LogP contribution in [-0.4, -0.2) is 26.0 Å². The first kappa shape index (κ1) is 20.0. The van der Waals surface area contributed by atoms with Crippen LogP contribution in [0.15, 0.2) is 78.9 Å². The van der Waals surface area contributed by atoms with Gasteiger partial charge in [-0.2, -0.15) is 0 Å². The number of non-ortho nitro benzene ring substituents is 1. The van der Waals surface area contributed by atoms with Gasteiger partial charge in [-0.25, -0.2) is 9.97 Å². The molecule has 1 atom stereocenters. The average Bonchev–Trinajstić information content (AvgIpc) is 2.78. The van der Waals surface area contributed by atoms with E-state index < -0.39 is 16.9 Å². The van der Waals surface area contributed by atoms with Crippen molar-refractivity contribution in [3.8, 4) is 11.3 Å². The van der Waals surface area contributed by atoms with E-state index in [1.807, 2.05) is 60.7 Å². The summed E-state index contributed by atoms with van der Waals surface area (Å²) < 4.78 is 0. The second-order valence-corrected chi connectivity index (χ2v) is 6.93. The molecule has 8 heteroatoms. The number of carbonyl (C=O) groups is 1. The highest BCUT2D eigenvalue weighted by molar-refractivity contribution is 5.94. The third kappa shape index (κ3) is 4.48. The molecule has 1 aromatic heterocycles. The standard InChI is InChI=1S/C23H18N4O4/c28-21(29)14-20(15-7-3-1-4-8-15)25-23-24-19-12-11-17(27(30)31)13-18(19)22(26-23)16-9-5-2-6-10-16/h1-13,20H,14H2,(H,28,29)(H,24,25,26)/t20-/m1/s1. The summed E-state index contributed by atoms with van der Waals surface area (Å²) in [6.07, 6.45) is -0.160. The number of nitrogens with zero attached hydrogens (tertiary/aromatic N) is 3. The Hall–Kier alpha value is -4.33. The first-order valence-electron chi connectivity index (χ1n) is 9.56. The van der Waals surface area contributed by atoms with Gasteiger partial charge in [0.1, 0.15) is 0 Å². The monoisotopic (exact) mass is 414 g/mol. The zero-order chi connectivity index (χ0) is 21.8. The first-order chi connectivity index (χ1) is 15.0. The molecule has 8 nitrogen and oxygen atoms in total.